The molecule has 2 N–H and O–H groups in total. The topological polar surface area (TPSA) is 69.6 Å². The second kappa shape index (κ2) is 4.64. The number of hydrogen-bond donors (Lipinski definition) is 1. The standard InChI is InChI=1S/C14H21N5/c1-9(2)19-8-16-7-10(19)13-17-11(14(3,4)5)6-12(15)18-13/h6-9H,1-5H3,(H2,15,17,18). The van der Waals surface area contributed by atoms with Crippen molar-refractivity contribution < 1.29 is 0 Å². The van der Waals surface area contributed by atoms with E-state index < -0.39 is 0 Å². The molecular weight excluding hydrogens is 238 g/mol. The number of hydrogen-bond acceptors (Lipinski definition) is 4. The van der Waals surface area contributed by atoms with Gasteiger partial charge in [-0.25, -0.2) is 15.0 Å². The highest BCUT2D eigenvalue weighted by molar-refractivity contribution is 5.52. The maximum Gasteiger partial charge on any atom is 0.180 e. The van der Waals surface area contributed by atoms with Gasteiger partial charge in [0.15, 0.2) is 5.82 Å². The van der Waals surface area contributed by atoms with E-state index in [1.54, 1.807) is 12.5 Å². The molecule has 5 nitrogen and oxygen atoms in total. The molecule has 0 aliphatic heterocycles. The van der Waals surface area contributed by atoms with Gasteiger partial charge in [-0.3, -0.25) is 0 Å². The van der Waals surface area contributed by atoms with E-state index in [0.29, 0.717) is 17.7 Å². The highest BCUT2D eigenvalue weighted by Crippen LogP contribution is 2.25. The first-order chi connectivity index (χ1) is 8.79. The summed E-state index contributed by atoms with van der Waals surface area (Å²) in [5.41, 5.74) is 7.68. The van der Waals surface area contributed by atoms with Gasteiger partial charge in [0.25, 0.3) is 0 Å². The van der Waals surface area contributed by atoms with Crippen LogP contribution in [0.4, 0.5) is 5.82 Å². The lowest BCUT2D eigenvalue weighted by Crippen LogP contribution is -2.16. The van der Waals surface area contributed by atoms with Crippen LogP contribution in [0.1, 0.15) is 46.4 Å². The molecule has 0 aromatic carbocycles. The fourth-order valence-corrected chi connectivity index (χ4v) is 1.85. The number of aromatic nitrogens is 4. The Kier molecular flexibility index (Phi) is 3.30. The summed E-state index contributed by atoms with van der Waals surface area (Å²) in [4.78, 5) is 13.2. The van der Waals surface area contributed by atoms with Crippen molar-refractivity contribution in [1.82, 2.24) is 19.5 Å². The minimum Gasteiger partial charge on any atom is -0.384 e. The Labute approximate surface area is 113 Å². The number of rotatable bonds is 2. The zero-order valence-electron chi connectivity index (χ0n) is 12.2. The van der Waals surface area contributed by atoms with Crippen molar-refractivity contribution in [3.63, 3.8) is 0 Å². The first-order valence-corrected chi connectivity index (χ1v) is 6.46. The highest BCUT2D eigenvalue weighted by Gasteiger charge is 2.19. The Bertz CT molecular complexity index is 578. The molecule has 2 heterocycles. The Morgan fingerprint density at radius 2 is 1.89 bits per heavy atom. The molecule has 0 atom stereocenters. The maximum absolute atomic E-state index is 5.91. The van der Waals surface area contributed by atoms with E-state index in [0.717, 1.165) is 11.4 Å². The Morgan fingerprint density at radius 3 is 2.47 bits per heavy atom. The molecule has 2 aromatic heterocycles. The molecule has 0 radical (unpaired) electrons. The van der Waals surface area contributed by atoms with Crippen molar-refractivity contribution >= 4 is 5.82 Å². The summed E-state index contributed by atoms with van der Waals surface area (Å²) in [5, 5.41) is 0. The molecule has 0 spiro atoms. The predicted molar refractivity (Wildman–Crippen MR) is 76.8 cm³/mol. The number of anilines is 1. The number of nitrogens with two attached hydrogens (primary N) is 1. The minimum absolute atomic E-state index is 0.0610. The lowest BCUT2D eigenvalue weighted by molar-refractivity contribution is 0.566. The van der Waals surface area contributed by atoms with E-state index in [-0.39, 0.29) is 5.41 Å². The summed E-state index contributed by atoms with van der Waals surface area (Å²) in [5.74, 6) is 1.13. The van der Waals surface area contributed by atoms with E-state index in [9.17, 15) is 0 Å². The zero-order chi connectivity index (χ0) is 14.2. The average molecular weight is 259 g/mol. The average Bonchev–Trinajstić information content (AvgIpc) is 2.75. The van der Waals surface area contributed by atoms with Gasteiger partial charge >= 0.3 is 0 Å². The monoisotopic (exact) mass is 259 g/mol. The lowest BCUT2D eigenvalue weighted by Gasteiger charge is -2.19. The molecular formula is C14H21N5. The predicted octanol–water partition coefficient (Wildman–Crippen LogP) is 2.80. The van der Waals surface area contributed by atoms with Crippen molar-refractivity contribution in [2.45, 2.75) is 46.1 Å². The van der Waals surface area contributed by atoms with Gasteiger partial charge in [0.05, 0.1) is 18.2 Å². The van der Waals surface area contributed by atoms with Crippen LogP contribution in [-0.4, -0.2) is 19.5 Å². The van der Waals surface area contributed by atoms with E-state index in [1.807, 2.05) is 10.6 Å². The molecule has 0 aliphatic rings. The van der Waals surface area contributed by atoms with Crippen LogP contribution in [0.15, 0.2) is 18.6 Å². The second-order valence-corrected chi connectivity index (χ2v) is 6.03. The second-order valence-electron chi connectivity index (χ2n) is 6.03. The molecule has 0 fully saturated rings. The molecule has 2 aromatic rings. The number of nitrogen functional groups attached to an aromatic ring is 1. The third-order valence-electron chi connectivity index (χ3n) is 2.97. The van der Waals surface area contributed by atoms with E-state index in [4.69, 9.17) is 5.73 Å². The fraction of sp³-hybridized carbons (Fsp3) is 0.500. The Balaban J connectivity index is 2.57. The van der Waals surface area contributed by atoms with Crippen LogP contribution in [0.2, 0.25) is 0 Å². The van der Waals surface area contributed by atoms with Gasteiger partial charge in [-0.2, -0.15) is 0 Å². The fourth-order valence-electron chi connectivity index (χ4n) is 1.85. The molecule has 5 heteroatoms. The van der Waals surface area contributed by atoms with Gasteiger partial charge < -0.3 is 10.3 Å². The van der Waals surface area contributed by atoms with Gasteiger partial charge in [-0.05, 0) is 13.8 Å². The van der Waals surface area contributed by atoms with Crippen LogP contribution in [0.5, 0.6) is 0 Å². The van der Waals surface area contributed by atoms with Gasteiger partial charge in [0.2, 0.25) is 0 Å². The highest BCUT2D eigenvalue weighted by atomic mass is 15.1. The van der Waals surface area contributed by atoms with Gasteiger partial charge in [-0.1, -0.05) is 20.8 Å². The number of nitrogens with zero attached hydrogens (tertiary/aromatic N) is 4. The first-order valence-electron chi connectivity index (χ1n) is 6.46. The molecule has 0 saturated heterocycles. The van der Waals surface area contributed by atoms with Crippen molar-refractivity contribution in [3.05, 3.63) is 24.3 Å². The molecule has 0 aliphatic carbocycles. The summed E-state index contributed by atoms with van der Waals surface area (Å²) in [6.07, 6.45) is 3.57. The normalized spacial score (nSPS) is 12.1. The summed E-state index contributed by atoms with van der Waals surface area (Å²) in [6.45, 7) is 10.5. The van der Waals surface area contributed by atoms with E-state index >= 15 is 0 Å². The van der Waals surface area contributed by atoms with Gasteiger partial charge in [0.1, 0.15) is 11.5 Å². The molecule has 19 heavy (non-hydrogen) atoms. The molecule has 0 unspecified atom stereocenters. The van der Waals surface area contributed by atoms with Crippen molar-refractivity contribution in [2.24, 2.45) is 0 Å². The van der Waals surface area contributed by atoms with Gasteiger partial charge in [-0.15, -0.1) is 0 Å². The van der Waals surface area contributed by atoms with Crippen LogP contribution in [-0.2, 0) is 5.41 Å². The van der Waals surface area contributed by atoms with Crippen molar-refractivity contribution in [2.75, 3.05) is 5.73 Å². The van der Waals surface area contributed by atoms with Crippen LogP contribution in [0, 0.1) is 0 Å². The number of imidazole rings is 1. The quantitative estimate of drug-likeness (QED) is 0.900. The van der Waals surface area contributed by atoms with Crippen LogP contribution < -0.4 is 5.73 Å². The third kappa shape index (κ3) is 2.75. The minimum atomic E-state index is -0.0610. The van der Waals surface area contributed by atoms with Crippen LogP contribution in [0.3, 0.4) is 0 Å². The first kappa shape index (κ1) is 13.5. The smallest absolute Gasteiger partial charge is 0.180 e. The molecule has 102 valence electrons. The van der Waals surface area contributed by atoms with Crippen LogP contribution in [0.25, 0.3) is 11.5 Å². The molecule has 0 bridgehead atoms. The van der Waals surface area contributed by atoms with Crippen molar-refractivity contribution in [3.8, 4) is 11.5 Å². The SMILES string of the molecule is CC(C)n1cncc1-c1nc(N)cc(C(C)(C)C)n1. The summed E-state index contributed by atoms with van der Waals surface area (Å²) < 4.78 is 2.04. The molecule has 0 amide bonds. The summed E-state index contributed by atoms with van der Waals surface area (Å²) in [6, 6.07) is 2.14. The lowest BCUT2D eigenvalue weighted by atomic mass is 9.92. The maximum atomic E-state index is 5.91. The van der Waals surface area contributed by atoms with E-state index in [1.165, 1.54) is 0 Å². The zero-order valence-corrected chi connectivity index (χ0v) is 12.2. The molecule has 0 saturated carbocycles. The Hall–Kier alpha value is -1.91. The van der Waals surface area contributed by atoms with Crippen molar-refractivity contribution in [1.29, 1.82) is 0 Å². The Morgan fingerprint density at radius 1 is 1.21 bits per heavy atom. The summed E-state index contributed by atoms with van der Waals surface area (Å²) >= 11 is 0. The third-order valence-corrected chi connectivity index (χ3v) is 2.97. The van der Waals surface area contributed by atoms with Gasteiger partial charge in [0, 0.05) is 17.5 Å². The molecule has 2 rings (SSSR count). The van der Waals surface area contributed by atoms with Crippen LogP contribution >= 0.6 is 0 Å². The van der Waals surface area contributed by atoms with E-state index in [2.05, 4.69) is 49.6 Å². The largest absolute Gasteiger partial charge is 0.384 e. The summed E-state index contributed by atoms with van der Waals surface area (Å²) in [7, 11) is 0.